The van der Waals surface area contributed by atoms with Gasteiger partial charge in [0.25, 0.3) is 0 Å². The van der Waals surface area contributed by atoms with Crippen LogP contribution in [0.15, 0.2) is 158 Å². The highest BCUT2D eigenvalue weighted by atomic mass is 16.6. The molecule has 0 aliphatic rings. The monoisotopic (exact) mass is 1270 g/mol. The number of carbonyl (C=O) groups excluding carboxylic acids is 4. The van der Waals surface area contributed by atoms with Gasteiger partial charge in [0.2, 0.25) is 0 Å². The molecule has 0 fully saturated rings. The van der Waals surface area contributed by atoms with Gasteiger partial charge in [-0.2, -0.15) is 0 Å². The van der Waals surface area contributed by atoms with Crippen LogP contribution in [-0.2, 0) is 41.5 Å². The van der Waals surface area contributed by atoms with Crippen LogP contribution in [-0.4, -0.2) is 63.5 Å². The predicted octanol–water partition coefficient (Wildman–Crippen LogP) is 18.3. The molecule has 0 spiro atoms. The lowest BCUT2D eigenvalue weighted by Gasteiger charge is -2.30. The number of rotatable bonds is 48. The van der Waals surface area contributed by atoms with Crippen molar-refractivity contribution >= 4 is 47.4 Å². The number of ether oxygens (including phenoxy) is 8. The summed E-state index contributed by atoms with van der Waals surface area (Å²) >= 11 is 0. The zero-order valence-corrected chi connectivity index (χ0v) is 55.3. The summed E-state index contributed by atoms with van der Waals surface area (Å²) in [6, 6.07) is 44.0. The second kappa shape index (κ2) is 44.1. The largest absolute Gasteiger partial charge is 0.494 e. The van der Waals surface area contributed by atoms with E-state index < -0.39 is 29.3 Å². The van der Waals surface area contributed by atoms with E-state index in [1.54, 1.807) is 60.7 Å². The number of unbranched alkanes of at least 4 members (excludes halogenated alkanes) is 20. The Morgan fingerprint density at radius 1 is 0.323 bits per heavy atom. The van der Waals surface area contributed by atoms with Crippen LogP contribution in [0, 0.1) is 5.41 Å². The third kappa shape index (κ3) is 30.2. The lowest BCUT2D eigenvalue weighted by atomic mass is 9.76. The number of anilines is 2. The van der Waals surface area contributed by atoms with E-state index in [1.165, 1.54) is 12.2 Å². The Morgan fingerprint density at radius 2 is 0.581 bits per heavy atom. The third-order valence-electron chi connectivity index (χ3n) is 16.0. The molecule has 0 saturated carbocycles. The number of nitrogens with two attached hydrogens (primary N) is 2. The molecule has 0 atom stereocenters. The van der Waals surface area contributed by atoms with Gasteiger partial charge in [-0.3, -0.25) is 9.59 Å². The van der Waals surface area contributed by atoms with Crippen LogP contribution in [0.1, 0.15) is 190 Å². The molecule has 0 aromatic heterocycles. The van der Waals surface area contributed by atoms with Gasteiger partial charge in [0.05, 0.1) is 39.6 Å². The molecule has 14 heteroatoms. The summed E-state index contributed by atoms with van der Waals surface area (Å²) < 4.78 is 46.4. The fourth-order valence-corrected chi connectivity index (χ4v) is 10.5. The molecular weight excluding hydrogens is 1170 g/mol. The Bertz CT molecular complexity index is 2880. The second-order valence-electron chi connectivity index (χ2n) is 24.0. The number of hydrogen-bond acceptors (Lipinski definition) is 14. The van der Waals surface area contributed by atoms with Crippen molar-refractivity contribution in [2.24, 2.45) is 5.41 Å². The van der Waals surface area contributed by atoms with E-state index in [2.05, 4.69) is 13.8 Å². The highest BCUT2D eigenvalue weighted by Gasteiger charge is 2.49. The Hall–Kier alpha value is -8.52. The zero-order chi connectivity index (χ0) is 65.8. The van der Waals surface area contributed by atoms with Gasteiger partial charge in [0, 0.05) is 23.5 Å². The Kier molecular flexibility index (Phi) is 34.9. The Balaban J connectivity index is 0.810. The molecule has 0 unspecified atom stereocenters. The first-order valence-corrected chi connectivity index (χ1v) is 34.2. The molecule has 93 heavy (non-hydrogen) atoms. The van der Waals surface area contributed by atoms with Crippen molar-refractivity contribution in [2.45, 2.75) is 181 Å². The van der Waals surface area contributed by atoms with Crippen LogP contribution in [0.2, 0.25) is 0 Å². The van der Waals surface area contributed by atoms with Gasteiger partial charge in [-0.15, -0.1) is 0 Å². The molecule has 500 valence electrons. The summed E-state index contributed by atoms with van der Waals surface area (Å²) in [6.45, 7) is 7.38. The first kappa shape index (κ1) is 73.5. The average molecular weight is 1270 g/mol. The molecule has 0 aliphatic heterocycles. The topological polar surface area (TPSA) is 194 Å². The number of benzene rings is 6. The molecular formula is C79H102N2O12. The molecule has 6 rings (SSSR count). The first-order valence-electron chi connectivity index (χ1n) is 34.2. The van der Waals surface area contributed by atoms with E-state index in [0.717, 1.165) is 187 Å². The smallest absolute Gasteiger partial charge is 0.336 e. The Labute approximate surface area is 553 Å². The van der Waals surface area contributed by atoms with E-state index >= 15 is 0 Å². The van der Waals surface area contributed by atoms with Gasteiger partial charge < -0.3 is 49.4 Å². The molecule has 0 amide bonds. The van der Waals surface area contributed by atoms with Crippen LogP contribution >= 0.6 is 0 Å². The van der Waals surface area contributed by atoms with Crippen LogP contribution < -0.4 is 39.9 Å². The fraction of sp³-hybridized carbons (Fsp3) is 0.443. The van der Waals surface area contributed by atoms with Crippen molar-refractivity contribution < 1.29 is 57.1 Å². The maximum atomic E-state index is 14.4. The summed E-state index contributed by atoms with van der Waals surface area (Å²) in [4.78, 5) is 53.7. The van der Waals surface area contributed by atoms with E-state index in [9.17, 15) is 19.2 Å². The van der Waals surface area contributed by atoms with Gasteiger partial charge in [-0.25, -0.2) is 9.59 Å². The van der Waals surface area contributed by atoms with E-state index in [-0.39, 0.29) is 26.1 Å². The molecule has 4 N–H and O–H groups in total. The number of esters is 4. The third-order valence-corrected chi connectivity index (χ3v) is 16.0. The molecule has 0 bridgehead atoms. The number of nitrogen functional groups attached to an aromatic ring is 2. The van der Waals surface area contributed by atoms with E-state index in [1.807, 2.05) is 97.1 Å². The maximum absolute atomic E-state index is 14.4. The van der Waals surface area contributed by atoms with Gasteiger partial charge >= 0.3 is 23.9 Å². The number of hydrogen-bond donors (Lipinski definition) is 2. The van der Waals surface area contributed by atoms with Crippen LogP contribution in [0.5, 0.6) is 34.5 Å². The average Bonchev–Trinajstić information content (AvgIpc) is 0.874. The summed E-state index contributed by atoms with van der Waals surface area (Å²) in [6.07, 6.45) is 31.5. The quantitative estimate of drug-likeness (QED) is 0.00915. The minimum Gasteiger partial charge on any atom is -0.494 e. The zero-order valence-electron chi connectivity index (χ0n) is 55.3. The van der Waals surface area contributed by atoms with Crippen LogP contribution in [0.4, 0.5) is 11.4 Å². The highest BCUT2D eigenvalue weighted by Crippen LogP contribution is 2.34. The minimum atomic E-state index is -1.61. The lowest BCUT2D eigenvalue weighted by Crippen LogP contribution is -2.46. The summed E-state index contributed by atoms with van der Waals surface area (Å²) in [5.74, 6) is 1.98. The van der Waals surface area contributed by atoms with Crippen molar-refractivity contribution in [3.63, 3.8) is 0 Å². The van der Waals surface area contributed by atoms with Crippen molar-refractivity contribution in [2.75, 3.05) is 51.1 Å². The summed E-state index contributed by atoms with van der Waals surface area (Å²) in [5.41, 5.74) is 15.0. The van der Waals surface area contributed by atoms with Gasteiger partial charge in [0.1, 0.15) is 34.5 Å². The summed E-state index contributed by atoms with van der Waals surface area (Å²) in [5, 5.41) is 0. The Morgan fingerprint density at radius 3 is 0.882 bits per heavy atom. The molecule has 0 heterocycles. The van der Waals surface area contributed by atoms with E-state index in [0.29, 0.717) is 62.1 Å². The normalized spacial score (nSPS) is 11.4. The standard InChI is InChI=1S/C79H102N2O12/c1-3-5-21-55-86-71-45-49-73(50-46-71)92-75(82)53-35-63-31-41-69(42-32-63)88-57-23-17-13-9-7-11-15-19-25-59-90-77(84)79(61-65-27-37-67(80)38-28-65,62-66-29-39-68(81)40-30-66)78(85)91-60-26-20-16-12-8-10-14-18-24-58-89-70-43-33-64(34-44-70)36-54-76(83)93-74-51-47-72(48-52-74)87-56-22-6-4-2/h27-54H,3-26,55-62,80-81H2,1-2H3. The molecule has 0 aliphatic carbocycles. The summed E-state index contributed by atoms with van der Waals surface area (Å²) in [7, 11) is 0. The second-order valence-corrected chi connectivity index (χ2v) is 24.0. The first-order chi connectivity index (χ1) is 45.5. The van der Waals surface area contributed by atoms with Crippen molar-refractivity contribution in [1.29, 1.82) is 0 Å². The molecule has 6 aromatic carbocycles. The molecule has 6 aromatic rings. The fourth-order valence-electron chi connectivity index (χ4n) is 10.5. The minimum absolute atomic E-state index is 0.103. The van der Waals surface area contributed by atoms with Crippen LogP contribution in [0.3, 0.4) is 0 Å². The van der Waals surface area contributed by atoms with Crippen molar-refractivity contribution in [3.05, 3.63) is 180 Å². The molecule has 0 radical (unpaired) electrons. The van der Waals surface area contributed by atoms with Gasteiger partial charge in [-0.1, -0.05) is 178 Å². The lowest BCUT2D eigenvalue weighted by molar-refractivity contribution is -0.173. The van der Waals surface area contributed by atoms with Gasteiger partial charge in [0.15, 0.2) is 5.41 Å². The van der Waals surface area contributed by atoms with Crippen molar-refractivity contribution in [1.82, 2.24) is 0 Å². The van der Waals surface area contributed by atoms with Crippen LogP contribution in [0.25, 0.3) is 12.2 Å². The van der Waals surface area contributed by atoms with Crippen molar-refractivity contribution in [3.8, 4) is 34.5 Å². The highest BCUT2D eigenvalue weighted by molar-refractivity contribution is 6.01. The predicted molar refractivity (Wildman–Crippen MR) is 373 cm³/mol. The maximum Gasteiger partial charge on any atom is 0.336 e. The molecule has 14 nitrogen and oxygen atoms in total. The van der Waals surface area contributed by atoms with Gasteiger partial charge in [-0.05, 0) is 183 Å². The number of carbonyl (C=O) groups is 4. The SMILES string of the molecule is CCCCCOc1ccc(OC(=O)C=Cc2ccc(OCCCCCCCCCCCOC(=O)C(Cc3ccc(N)cc3)(Cc3ccc(N)cc3)C(=O)OCCCCCCCCCCCOc3ccc(C=CC(=O)Oc4ccc(OCCCCC)cc4)cc3)cc2)cc1. The van der Waals surface area contributed by atoms with E-state index in [4.69, 9.17) is 49.4 Å². The molecule has 0 saturated heterocycles.